The first-order valence-corrected chi connectivity index (χ1v) is 8.27. The highest BCUT2D eigenvalue weighted by Crippen LogP contribution is 2.55. The molecule has 4 rings (SSSR count). The zero-order valence-corrected chi connectivity index (χ0v) is 13.9. The van der Waals surface area contributed by atoms with Crippen LogP contribution in [0.4, 0.5) is 0 Å². The van der Waals surface area contributed by atoms with Crippen LogP contribution in [0.1, 0.15) is 24.8 Å². The number of ether oxygens (including phenoxy) is 1. The van der Waals surface area contributed by atoms with Crippen LogP contribution in [-0.4, -0.2) is 23.1 Å². The summed E-state index contributed by atoms with van der Waals surface area (Å²) < 4.78 is 5.57. The smallest absolute Gasteiger partial charge is 0.248 e. The van der Waals surface area contributed by atoms with E-state index >= 15 is 0 Å². The average molecular weight is 345 g/mol. The maximum absolute atomic E-state index is 13.6. The van der Waals surface area contributed by atoms with Gasteiger partial charge in [0, 0.05) is 23.3 Å². The number of carbonyl (C=O) groups excluding carboxylic acids is 2. The lowest BCUT2D eigenvalue weighted by Gasteiger charge is -2.35. The summed E-state index contributed by atoms with van der Waals surface area (Å²) in [7, 11) is 0. The molecule has 1 spiro atoms. The van der Waals surface area contributed by atoms with Crippen molar-refractivity contribution in [2.75, 3.05) is 6.54 Å². The molecule has 2 aliphatic heterocycles. The molecule has 2 N–H and O–H groups in total. The Bertz CT molecular complexity index is 1010. The second-order valence-electron chi connectivity index (χ2n) is 6.39. The molecular formula is C20H15N3O3. The van der Waals surface area contributed by atoms with Gasteiger partial charge in [0.15, 0.2) is 5.78 Å². The Morgan fingerprint density at radius 1 is 1.31 bits per heavy atom. The minimum absolute atomic E-state index is 0.0360. The number of nitriles is 1. The van der Waals surface area contributed by atoms with Crippen molar-refractivity contribution in [3.8, 4) is 24.2 Å². The molecule has 0 radical (unpaired) electrons. The van der Waals surface area contributed by atoms with Gasteiger partial charge in [-0.3, -0.25) is 9.59 Å². The monoisotopic (exact) mass is 345 g/mol. The molecule has 0 unspecified atom stereocenters. The first-order chi connectivity index (χ1) is 12.6. The zero-order valence-electron chi connectivity index (χ0n) is 13.9. The Balaban J connectivity index is 2.13. The highest BCUT2D eigenvalue weighted by atomic mass is 16.5. The highest BCUT2D eigenvalue weighted by Gasteiger charge is 2.62. The number of hydrogen-bond donors (Lipinski definition) is 1. The number of fused-ring (bicyclic) bond motifs is 3. The van der Waals surface area contributed by atoms with Crippen molar-refractivity contribution in [3.63, 3.8) is 0 Å². The molecule has 0 aromatic heterocycles. The van der Waals surface area contributed by atoms with E-state index in [0.29, 0.717) is 41.8 Å². The first-order valence-electron chi connectivity index (χ1n) is 8.27. The molecular weight excluding hydrogens is 330 g/mol. The zero-order chi connectivity index (χ0) is 18.5. The maximum Gasteiger partial charge on any atom is 0.248 e. The second-order valence-corrected chi connectivity index (χ2v) is 6.39. The first kappa shape index (κ1) is 16.0. The molecule has 0 saturated heterocycles. The number of para-hydroxylation sites is 1. The van der Waals surface area contributed by atoms with E-state index in [1.807, 2.05) is 6.07 Å². The fraction of sp³-hybridized carbons (Fsp3) is 0.250. The lowest BCUT2D eigenvalue weighted by Crippen LogP contribution is -2.46. The number of allylic oxidation sites excluding steroid dienone is 1. The Hall–Kier alpha value is -3.51. The SMILES string of the molecule is C#CCN1C(=O)[C@@]2(C(C#N)=C(N)Oc3ccccc32)C2=C1CCCC2=O. The van der Waals surface area contributed by atoms with Gasteiger partial charge in [0.05, 0.1) is 6.54 Å². The fourth-order valence-corrected chi connectivity index (χ4v) is 4.19. The summed E-state index contributed by atoms with van der Waals surface area (Å²) in [6.07, 6.45) is 6.97. The maximum atomic E-state index is 13.6. The van der Waals surface area contributed by atoms with Gasteiger partial charge < -0.3 is 15.4 Å². The van der Waals surface area contributed by atoms with E-state index in [1.165, 1.54) is 4.90 Å². The number of amides is 1. The van der Waals surface area contributed by atoms with E-state index in [-0.39, 0.29) is 23.8 Å². The number of nitrogens with two attached hydrogens (primary N) is 1. The third-order valence-corrected chi connectivity index (χ3v) is 5.15. The van der Waals surface area contributed by atoms with E-state index < -0.39 is 11.3 Å². The molecule has 1 aromatic carbocycles. The molecule has 1 amide bonds. The van der Waals surface area contributed by atoms with Crippen molar-refractivity contribution >= 4 is 11.7 Å². The number of ketones is 1. The van der Waals surface area contributed by atoms with Gasteiger partial charge in [-0.05, 0) is 18.9 Å². The lowest BCUT2D eigenvalue weighted by molar-refractivity contribution is -0.131. The molecule has 0 bridgehead atoms. The minimum Gasteiger partial charge on any atom is -0.440 e. The van der Waals surface area contributed by atoms with Crippen LogP contribution in [0.2, 0.25) is 0 Å². The number of terminal acetylenes is 1. The van der Waals surface area contributed by atoms with Gasteiger partial charge in [0.1, 0.15) is 22.8 Å². The lowest BCUT2D eigenvalue weighted by atomic mass is 9.65. The summed E-state index contributed by atoms with van der Waals surface area (Å²) in [6, 6.07) is 8.87. The van der Waals surface area contributed by atoms with Gasteiger partial charge >= 0.3 is 0 Å². The standard InChI is InChI=1S/C20H15N3O3/c1-2-10-23-14-7-5-8-15(24)17(14)20(19(23)25)12-6-3-4-9-16(12)26-18(22)13(20)11-21/h1,3-4,6,9H,5,7-8,10,22H2/t20-/m0/s1. The van der Waals surface area contributed by atoms with Crippen LogP contribution < -0.4 is 10.5 Å². The molecule has 2 heterocycles. The molecule has 6 heteroatoms. The van der Waals surface area contributed by atoms with Crippen LogP contribution >= 0.6 is 0 Å². The third-order valence-electron chi connectivity index (χ3n) is 5.15. The van der Waals surface area contributed by atoms with E-state index in [4.69, 9.17) is 16.9 Å². The molecule has 1 atom stereocenters. The molecule has 26 heavy (non-hydrogen) atoms. The normalized spacial score (nSPS) is 24.2. The number of rotatable bonds is 1. The average Bonchev–Trinajstić information content (AvgIpc) is 2.87. The molecule has 0 saturated carbocycles. The van der Waals surface area contributed by atoms with Crippen LogP contribution in [0.15, 0.2) is 47.0 Å². The highest BCUT2D eigenvalue weighted by molar-refractivity contribution is 6.15. The molecule has 1 aliphatic carbocycles. The molecule has 128 valence electrons. The molecule has 1 aromatic rings. The van der Waals surface area contributed by atoms with Crippen LogP contribution in [0, 0.1) is 23.7 Å². The van der Waals surface area contributed by atoms with Crippen molar-refractivity contribution in [2.24, 2.45) is 5.73 Å². The summed E-state index contributed by atoms with van der Waals surface area (Å²) >= 11 is 0. The quantitative estimate of drug-likeness (QED) is 0.778. The van der Waals surface area contributed by atoms with E-state index in [0.717, 1.165) is 0 Å². The van der Waals surface area contributed by atoms with Gasteiger partial charge in [0.25, 0.3) is 0 Å². The Morgan fingerprint density at radius 2 is 2.08 bits per heavy atom. The summed E-state index contributed by atoms with van der Waals surface area (Å²) in [5.41, 5.74) is 5.75. The van der Waals surface area contributed by atoms with Crippen LogP contribution in [-0.2, 0) is 15.0 Å². The van der Waals surface area contributed by atoms with Crippen LogP contribution in [0.25, 0.3) is 0 Å². The predicted octanol–water partition coefficient (Wildman–Crippen LogP) is 1.49. The van der Waals surface area contributed by atoms with Gasteiger partial charge in [-0.2, -0.15) is 5.26 Å². The van der Waals surface area contributed by atoms with Gasteiger partial charge in [-0.15, -0.1) is 6.42 Å². The van der Waals surface area contributed by atoms with Gasteiger partial charge in [-0.25, -0.2) is 0 Å². The van der Waals surface area contributed by atoms with Crippen molar-refractivity contribution in [2.45, 2.75) is 24.7 Å². The van der Waals surface area contributed by atoms with Crippen LogP contribution in [0.5, 0.6) is 5.75 Å². The summed E-state index contributed by atoms with van der Waals surface area (Å²) in [5, 5.41) is 9.81. The van der Waals surface area contributed by atoms with Crippen molar-refractivity contribution in [1.29, 1.82) is 5.26 Å². The fourth-order valence-electron chi connectivity index (χ4n) is 4.19. The topological polar surface area (TPSA) is 96.4 Å². The number of hydrogen-bond acceptors (Lipinski definition) is 5. The van der Waals surface area contributed by atoms with Gasteiger partial charge in [0.2, 0.25) is 11.8 Å². The third kappa shape index (κ3) is 1.76. The summed E-state index contributed by atoms with van der Waals surface area (Å²) in [5.74, 6) is 2.11. The predicted molar refractivity (Wildman–Crippen MR) is 92.0 cm³/mol. The number of carbonyl (C=O) groups is 2. The van der Waals surface area contributed by atoms with Crippen molar-refractivity contribution in [1.82, 2.24) is 4.90 Å². The molecule has 3 aliphatic rings. The Morgan fingerprint density at radius 3 is 2.81 bits per heavy atom. The number of benzene rings is 1. The molecule has 6 nitrogen and oxygen atoms in total. The molecule has 0 fully saturated rings. The second kappa shape index (κ2) is 5.50. The van der Waals surface area contributed by atoms with Crippen LogP contribution in [0.3, 0.4) is 0 Å². The van der Waals surface area contributed by atoms with E-state index in [1.54, 1.807) is 24.3 Å². The number of nitrogens with zero attached hydrogens (tertiary/aromatic N) is 2. The summed E-state index contributed by atoms with van der Waals surface area (Å²) in [6.45, 7) is 0.0360. The largest absolute Gasteiger partial charge is 0.440 e. The van der Waals surface area contributed by atoms with E-state index in [2.05, 4.69) is 5.92 Å². The van der Waals surface area contributed by atoms with Crippen molar-refractivity contribution < 1.29 is 14.3 Å². The Kier molecular flexibility index (Phi) is 3.38. The van der Waals surface area contributed by atoms with Gasteiger partial charge in [-0.1, -0.05) is 24.1 Å². The van der Waals surface area contributed by atoms with Crippen molar-refractivity contribution in [3.05, 3.63) is 52.6 Å². The van der Waals surface area contributed by atoms with E-state index in [9.17, 15) is 14.9 Å². The summed E-state index contributed by atoms with van der Waals surface area (Å²) in [4.78, 5) is 28.0. The Labute approximate surface area is 150 Å². The number of Topliss-reactive ketones (excluding diaryl/α,β-unsaturated/α-hetero) is 1. The minimum atomic E-state index is -1.57.